The molecule has 0 saturated carbocycles. The molecule has 0 heterocycles. The van der Waals surface area contributed by atoms with Crippen molar-refractivity contribution in [2.45, 2.75) is 32.3 Å². The Bertz CT molecular complexity index is 536. The van der Waals surface area contributed by atoms with Gasteiger partial charge in [0.2, 0.25) is 0 Å². The van der Waals surface area contributed by atoms with Crippen LogP contribution in [0.4, 0.5) is 8.78 Å². The molecule has 0 aliphatic carbocycles. The summed E-state index contributed by atoms with van der Waals surface area (Å²) in [7, 11) is 1.66. The molecule has 144 valence electrons. The molecule has 2 N–H and O–H groups in total. The van der Waals surface area contributed by atoms with Gasteiger partial charge in [-0.05, 0) is 19.2 Å². The van der Waals surface area contributed by atoms with E-state index >= 15 is 0 Å². The SMILES string of the molecule is CCOc1cccc(CNC(=NC)NCC(C)SC)c1OC(F)F.I. The largest absolute Gasteiger partial charge is 0.490 e. The second kappa shape index (κ2) is 13.3. The minimum Gasteiger partial charge on any atom is -0.490 e. The molecule has 0 spiro atoms. The van der Waals surface area contributed by atoms with Crippen molar-refractivity contribution in [3.05, 3.63) is 23.8 Å². The minimum absolute atomic E-state index is 0. The number of thioether (sulfide) groups is 1. The van der Waals surface area contributed by atoms with Crippen molar-refractivity contribution in [3.8, 4) is 11.5 Å². The highest BCUT2D eigenvalue weighted by Gasteiger charge is 2.16. The van der Waals surface area contributed by atoms with Crippen LogP contribution in [0.1, 0.15) is 19.4 Å². The molecule has 1 rings (SSSR count). The van der Waals surface area contributed by atoms with Gasteiger partial charge in [0.05, 0.1) is 6.61 Å². The Labute approximate surface area is 169 Å². The number of hydrogen-bond donors (Lipinski definition) is 2. The first-order chi connectivity index (χ1) is 11.5. The Kier molecular flexibility index (Phi) is 12.7. The molecule has 1 aromatic rings. The molecule has 1 unspecified atom stereocenters. The van der Waals surface area contributed by atoms with E-state index in [-0.39, 0.29) is 36.3 Å². The fraction of sp³-hybridized carbons (Fsp3) is 0.562. The number of benzene rings is 1. The van der Waals surface area contributed by atoms with Gasteiger partial charge in [-0.2, -0.15) is 20.5 Å². The van der Waals surface area contributed by atoms with Gasteiger partial charge < -0.3 is 20.1 Å². The maximum absolute atomic E-state index is 12.7. The van der Waals surface area contributed by atoms with E-state index in [9.17, 15) is 8.78 Å². The van der Waals surface area contributed by atoms with Crippen LogP contribution in [-0.2, 0) is 6.54 Å². The zero-order valence-corrected chi connectivity index (χ0v) is 18.0. The summed E-state index contributed by atoms with van der Waals surface area (Å²) in [5, 5.41) is 6.72. The van der Waals surface area contributed by atoms with Crippen LogP contribution in [0.5, 0.6) is 11.5 Å². The normalized spacial score (nSPS) is 12.4. The Morgan fingerprint density at radius 2 is 2.04 bits per heavy atom. The van der Waals surface area contributed by atoms with Gasteiger partial charge in [0.25, 0.3) is 0 Å². The first kappa shape index (κ1) is 24.0. The fourth-order valence-corrected chi connectivity index (χ4v) is 2.17. The van der Waals surface area contributed by atoms with Crippen molar-refractivity contribution >= 4 is 41.7 Å². The average molecular weight is 489 g/mol. The predicted molar refractivity (Wildman–Crippen MR) is 111 cm³/mol. The first-order valence-electron chi connectivity index (χ1n) is 7.68. The van der Waals surface area contributed by atoms with Gasteiger partial charge in [-0.25, -0.2) is 0 Å². The standard InChI is InChI=1S/C16H25F2N3O2S.HI/c1-5-22-13-8-6-7-12(14(13)23-15(17)18)10-21-16(19-3)20-9-11(2)24-4;/h6-8,11,15H,5,9-10H2,1-4H3,(H2,19,20,21);1H. The lowest BCUT2D eigenvalue weighted by Gasteiger charge is -2.18. The lowest BCUT2D eigenvalue weighted by molar-refractivity contribution is -0.0520. The first-order valence-corrected chi connectivity index (χ1v) is 8.97. The van der Waals surface area contributed by atoms with Crippen molar-refractivity contribution in [1.82, 2.24) is 10.6 Å². The van der Waals surface area contributed by atoms with Crippen LogP contribution in [-0.4, -0.2) is 44.3 Å². The summed E-state index contributed by atoms with van der Waals surface area (Å²) in [6.07, 6.45) is 2.04. The molecule has 0 radical (unpaired) electrons. The zero-order valence-electron chi connectivity index (χ0n) is 14.8. The summed E-state index contributed by atoms with van der Waals surface area (Å²) in [5.41, 5.74) is 0.571. The van der Waals surface area contributed by atoms with Gasteiger partial charge in [0.15, 0.2) is 17.5 Å². The smallest absolute Gasteiger partial charge is 0.387 e. The molecule has 1 aromatic carbocycles. The van der Waals surface area contributed by atoms with Gasteiger partial charge in [-0.1, -0.05) is 19.1 Å². The third kappa shape index (κ3) is 8.80. The van der Waals surface area contributed by atoms with E-state index in [4.69, 9.17) is 4.74 Å². The van der Waals surface area contributed by atoms with Crippen molar-refractivity contribution in [2.24, 2.45) is 4.99 Å². The Morgan fingerprint density at radius 1 is 1.32 bits per heavy atom. The number of rotatable bonds is 9. The summed E-state index contributed by atoms with van der Waals surface area (Å²) in [4.78, 5) is 4.12. The molecule has 0 amide bonds. The van der Waals surface area contributed by atoms with E-state index in [0.717, 1.165) is 6.54 Å². The number of guanidine groups is 1. The van der Waals surface area contributed by atoms with Crippen LogP contribution in [0.25, 0.3) is 0 Å². The van der Waals surface area contributed by atoms with Crippen molar-refractivity contribution in [2.75, 3.05) is 26.5 Å². The van der Waals surface area contributed by atoms with Crippen LogP contribution in [0.15, 0.2) is 23.2 Å². The molecule has 9 heteroatoms. The maximum atomic E-state index is 12.7. The van der Waals surface area contributed by atoms with Crippen LogP contribution in [0, 0.1) is 0 Å². The molecule has 1 atom stereocenters. The lowest BCUT2D eigenvalue weighted by atomic mass is 10.2. The summed E-state index contributed by atoms with van der Waals surface area (Å²) in [6, 6.07) is 5.06. The van der Waals surface area contributed by atoms with E-state index in [2.05, 4.69) is 27.3 Å². The number of hydrogen-bond acceptors (Lipinski definition) is 4. The van der Waals surface area contributed by atoms with Gasteiger partial charge in [-0.3, -0.25) is 4.99 Å². The number of alkyl halides is 2. The van der Waals surface area contributed by atoms with Gasteiger partial charge >= 0.3 is 6.61 Å². The molecule has 0 aliphatic rings. The molecule has 0 saturated heterocycles. The second-order valence-corrected chi connectivity index (χ2v) is 6.19. The highest BCUT2D eigenvalue weighted by Crippen LogP contribution is 2.32. The molecule has 0 aromatic heterocycles. The van der Waals surface area contributed by atoms with Gasteiger partial charge in [0.1, 0.15) is 0 Å². The number of para-hydroxylation sites is 1. The topological polar surface area (TPSA) is 54.9 Å². The lowest BCUT2D eigenvalue weighted by Crippen LogP contribution is -2.39. The van der Waals surface area contributed by atoms with E-state index in [1.54, 1.807) is 43.9 Å². The predicted octanol–water partition coefficient (Wildman–Crippen LogP) is 3.72. The molecule has 0 fully saturated rings. The molecule has 0 bridgehead atoms. The van der Waals surface area contributed by atoms with Crippen molar-refractivity contribution in [3.63, 3.8) is 0 Å². The second-order valence-electron chi connectivity index (χ2n) is 4.91. The molecule has 25 heavy (non-hydrogen) atoms. The summed E-state index contributed by atoms with van der Waals surface area (Å²) in [5.74, 6) is 0.951. The Balaban J connectivity index is 0.00000576. The highest BCUT2D eigenvalue weighted by atomic mass is 127. The number of ether oxygens (including phenoxy) is 2. The van der Waals surface area contributed by atoms with E-state index < -0.39 is 6.61 Å². The zero-order chi connectivity index (χ0) is 17.9. The molecular formula is C16H26F2IN3O2S. The number of nitrogens with one attached hydrogen (secondary N) is 2. The molecular weight excluding hydrogens is 463 g/mol. The van der Waals surface area contributed by atoms with Gasteiger partial charge in [-0.15, -0.1) is 24.0 Å². The average Bonchev–Trinajstić information content (AvgIpc) is 2.56. The quantitative estimate of drug-likeness (QED) is 0.315. The number of aliphatic imine (C=N–C) groups is 1. The van der Waals surface area contributed by atoms with E-state index in [1.807, 2.05) is 6.26 Å². The van der Waals surface area contributed by atoms with E-state index in [1.165, 1.54) is 0 Å². The van der Waals surface area contributed by atoms with Crippen LogP contribution < -0.4 is 20.1 Å². The Morgan fingerprint density at radius 3 is 2.60 bits per heavy atom. The fourth-order valence-electron chi connectivity index (χ4n) is 1.92. The minimum atomic E-state index is -2.91. The van der Waals surface area contributed by atoms with Crippen molar-refractivity contribution < 1.29 is 18.3 Å². The highest BCUT2D eigenvalue weighted by molar-refractivity contribution is 14.0. The maximum Gasteiger partial charge on any atom is 0.387 e. The van der Waals surface area contributed by atoms with Crippen molar-refractivity contribution in [1.29, 1.82) is 0 Å². The molecule has 5 nitrogen and oxygen atoms in total. The third-order valence-electron chi connectivity index (χ3n) is 3.20. The van der Waals surface area contributed by atoms with Crippen LogP contribution >= 0.6 is 35.7 Å². The summed E-state index contributed by atoms with van der Waals surface area (Å²) >= 11 is 1.74. The van der Waals surface area contributed by atoms with Crippen LogP contribution in [0.3, 0.4) is 0 Å². The van der Waals surface area contributed by atoms with Crippen LogP contribution in [0.2, 0.25) is 0 Å². The van der Waals surface area contributed by atoms with E-state index in [0.29, 0.717) is 29.1 Å². The summed E-state index contributed by atoms with van der Waals surface area (Å²) < 4.78 is 35.4. The number of nitrogens with zero attached hydrogens (tertiary/aromatic N) is 1. The monoisotopic (exact) mass is 489 g/mol. The van der Waals surface area contributed by atoms with Gasteiger partial charge in [0, 0.05) is 31.0 Å². The number of halogens is 3. The summed E-state index contributed by atoms with van der Waals surface area (Å²) in [6.45, 7) is 2.38. The molecule has 0 aliphatic heterocycles. The Hall–Kier alpha value is -0.970. The third-order valence-corrected chi connectivity index (χ3v) is 4.17.